The van der Waals surface area contributed by atoms with Crippen LogP contribution in [0.2, 0.25) is 0 Å². The van der Waals surface area contributed by atoms with Gasteiger partial charge in [0.1, 0.15) is 0 Å². The normalized spacial score (nSPS) is 22.3. The summed E-state index contributed by atoms with van der Waals surface area (Å²) < 4.78 is 5.80. The predicted octanol–water partition coefficient (Wildman–Crippen LogP) is 3.12. The first kappa shape index (κ1) is 14.5. The number of aromatic nitrogens is 1. The molecule has 1 fully saturated rings. The number of hydrogen-bond donors (Lipinski definition) is 1. The van der Waals surface area contributed by atoms with Crippen molar-refractivity contribution in [3.63, 3.8) is 0 Å². The average Bonchev–Trinajstić information content (AvgIpc) is 2.96. The van der Waals surface area contributed by atoms with Gasteiger partial charge in [-0.05, 0) is 55.8 Å². The van der Waals surface area contributed by atoms with Gasteiger partial charge < -0.3 is 10.1 Å². The van der Waals surface area contributed by atoms with E-state index in [2.05, 4.69) is 36.3 Å². The summed E-state index contributed by atoms with van der Waals surface area (Å²) in [5.74, 6) is 0.499. The number of rotatable bonds is 7. The molecule has 2 heterocycles. The van der Waals surface area contributed by atoms with Crippen molar-refractivity contribution in [1.82, 2.24) is 10.3 Å². The van der Waals surface area contributed by atoms with Crippen molar-refractivity contribution in [2.75, 3.05) is 13.2 Å². The molecule has 1 N–H and O–H groups in total. The Morgan fingerprint density at radius 1 is 1.42 bits per heavy atom. The van der Waals surface area contributed by atoms with E-state index in [0.29, 0.717) is 18.1 Å². The van der Waals surface area contributed by atoms with Gasteiger partial charge in [-0.2, -0.15) is 0 Å². The first-order valence-corrected chi connectivity index (χ1v) is 7.56. The van der Waals surface area contributed by atoms with Crippen molar-refractivity contribution < 1.29 is 4.74 Å². The van der Waals surface area contributed by atoms with Crippen LogP contribution in [0.1, 0.15) is 51.0 Å². The lowest BCUT2D eigenvalue weighted by Crippen LogP contribution is -2.37. The van der Waals surface area contributed by atoms with Gasteiger partial charge in [0.05, 0.1) is 6.10 Å². The van der Waals surface area contributed by atoms with Gasteiger partial charge in [0.2, 0.25) is 0 Å². The van der Waals surface area contributed by atoms with E-state index in [1.54, 1.807) is 0 Å². The fourth-order valence-electron chi connectivity index (χ4n) is 2.81. The summed E-state index contributed by atoms with van der Waals surface area (Å²) in [5.41, 5.74) is 1.36. The van der Waals surface area contributed by atoms with E-state index in [9.17, 15) is 0 Å². The van der Waals surface area contributed by atoms with E-state index in [4.69, 9.17) is 4.74 Å². The topological polar surface area (TPSA) is 34.1 Å². The van der Waals surface area contributed by atoms with Crippen LogP contribution in [0.4, 0.5) is 0 Å². The Morgan fingerprint density at radius 2 is 2.21 bits per heavy atom. The Kier molecular flexibility index (Phi) is 5.80. The fraction of sp³-hybridized carbons (Fsp3) is 0.688. The minimum Gasteiger partial charge on any atom is -0.378 e. The number of ether oxygens (including phenoxy) is 1. The summed E-state index contributed by atoms with van der Waals surface area (Å²) in [5, 5.41) is 3.69. The van der Waals surface area contributed by atoms with Crippen LogP contribution in [0.5, 0.6) is 0 Å². The Morgan fingerprint density at radius 3 is 2.84 bits per heavy atom. The number of nitrogens with zero attached hydrogens (tertiary/aromatic N) is 1. The molecule has 0 radical (unpaired) electrons. The van der Waals surface area contributed by atoms with Crippen LogP contribution >= 0.6 is 0 Å². The van der Waals surface area contributed by atoms with Gasteiger partial charge in [-0.15, -0.1) is 0 Å². The molecular formula is C16H26N2O. The third-order valence-electron chi connectivity index (χ3n) is 4.03. The van der Waals surface area contributed by atoms with Gasteiger partial charge in [0, 0.05) is 25.0 Å². The Hall–Kier alpha value is -0.930. The second-order valence-electron chi connectivity index (χ2n) is 5.50. The summed E-state index contributed by atoms with van der Waals surface area (Å²) in [6.07, 6.45) is 8.93. The predicted molar refractivity (Wildman–Crippen MR) is 78.3 cm³/mol. The first-order valence-electron chi connectivity index (χ1n) is 7.56. The Balaban J connectivity index is 1.98. The monoisotopic (exact) mass is 262 g/mol. The van der Waals surface area contributed by atoms with E-state index in [1.165, 1.54) is 24.8 Å². The summed E-state index contributed by atoms with van der Waals surface area (Å²) in [6, 6.07) is 4.74. The zero-order chi connectivity index (χ0) is 13.5. The maximum absolute atomic E-state index is 5.80. The highest BCUT2D eigenvalue weighted by molar-refractivity contribution is 5.17. The van der Waals surface area contributed by atoms with Crippen LogP contribution in [0, 0.1) is 0 Å². The molecule has 0 bridgehead atoms. The Bertz CT molecular complexity index is 349. The van der Waals surface area contributed by atoms with E-state index < -0.39 is 0 Å². The van der Waals surface area contributed by atoms with Crippen molar-refractivity contribution in [3.8, 4) is 0 Å². The zero-order valence-electron chi connectivity index (χ0n) is 12.1. The van der Waals surface area contributed by atoms with Crippen molar-refractivity contribution in [2.24, 2.45) is 0 Å². The van der Waals surface area contributed by atoms with Gasteiger partial charge in [-0.25, -0.2) is 0 Å². The molecule has 1 aromatic heterocycles. The van der Waals surface area contributed by atoms with Gasteiger partial charge in [-0.3, -0.25) is 4.98 Å². The SMILES string of the molecule is CCCNC(CC1CCCO1)C(C)c1ccncc1. The molecule has 106 valence electrons. The van der Waals surface area contributed by atoms with Crippen molar-refractivity contribution >= 4 is 0 Å². The van der Waals surface area contributed by atoms with Gasteiger partial charge in [-0.1, -0.05) is 13.8 Å². The standard InChI is InChI=1S/C16H26N2O/c1-3-8-18-16(12-15-5-4-11-19-15)13(2)14-6-9-17-10-7-14/h6-7,9-10,13,15-16,18H,3-5,8,11-12H2,1-2H3. The molecule has 0 spiro atoms. The smallest absolute Gasteiger partial charge is 0.0591 e. The van der Waals surface area contributed by atoms with Crippen LogP contribution in [0.25, 0.3) is 0 Å². The molecule has 0 amide bonds. The van der Waals surface area contributed by atoms with Crippen LogP contribution < -0.4 is 5.32 Å². The molecule has 3 nitrogen and oxygen atoms in total. The molecule has 0 aliphatic carbocycles. The van der Waals surface area contributed by atoms with Gasteiger partial charge in [0.15, 0.2) is 0 Å². The van der Waals surface area contributed by atoms with Crippen molar-refractivity contribution in [1.29, 1.82) is 0 Å². The lowest BCUT2D eigenvalue weighted by atomic mass is 9.89. The van der Waals surface area contributed by atoms with Crippen molar-refractivity contribution in [2.45, 2.75) is 57.6 Å². The van der Waals surface area contributed by atoms with Crippen LogP contribution in [-0.4, -0.2) is 30.3 Å². The second kappa shape index (κ2) is 7.61. The highest BCUT2D eigenvalue weighted by Gasteiger charge is 2.25. The minimum absolute atomic E-state index is 0.443. The van der Waals surface area contributed by atoms with Gasteiger partial charge in [0.25, 0.3) is 0 Å². The maximum Gasteiger partial charge on any atom is 0.0591 e. The van der Waals surface area contributed by atoms with E-state index in [1.807, 2.05) is 12.4 Å². The van der Waals surface area contributed by atoms with E-state index in [0.717, 1.165) is 19.6 Å². The molecule has 0 aromatic carbocycles. The fourth-order valence-corrected chi connectivity index (χ4v) is 2.81. The molecule has 19 heavy (non-hydrogen) atoms. The third kappa shape index (κ3) is 4.29. The highest BCUT2D eigenvalue weighted by atomic mass is 16.5. The van der Waals surface area contributed by atoms with E-state index in [-0.39, 0.29) is 0 Å². The molecule has 2 rings (SSSR count). The molecule has 0 saturated carbocycles. The van der Waals surface area contributed by atoms with Crippen LogP contribution in [0.3, 0.4) is 0 Å². The molecule has 3 atom stereocenters. The number of hydrogen-bond acceptors (Lipinski definition) is 3. The second-order valence-corrected chi connectivity index (χ2v) is 5.50. The number of pyridine rings is 1. The van der Waals surface area contributed by atoms with E-state index >= 15 is 0 Å². The summed E-state index contributed by atoms with van der Waals surface area (Å²) in [6.45, 7) is 6.53. The lowest BCUT2D eigenvalue weighted by Gasteiger charge is -2.27. The first-order chi connectivity index (χ1) is 9.31. The molecule has 1 aliphatic rings. The molecule has 3 unspecified atom stereocenters. The summed E-state index contributed by atoms with van der Waals surface area (Å²) >= 11 is 0. The molecular weight excluding hydrogens is 236 g/mol. The molecule has 1 aromatic rings. The molecule has 1 saturated heterocycles. The Labute approximate surface area is 116 Å². The molecule has 1 aliphatic heterocycles. The largest absolute Gasteiger partial charge is 0.378 e. The lowest BCUT2D eigenvalue weighted by molar-refractivity contribution is 0.0920. The maximum atomic E-state index is 5.80. The highest BCUT2D eigenvalue weighted by Crippen LogP contribution is 2.25. The minimum atomic E-state index is 0.443. The number of nitrogens with one attached hydrogen (secondary N) is 1. The zero-order valence-corrected chi connectivity index (χ0v) is 12.1. The van der Waals surface area contributed by atoms with Crippen LogP contribution in [0.15, 0.2) is 24.5 Å². The summed E-state index contributed by atoms with van der Waals surface area (Å²) in [7, 11) is 0. The average molecular weight is 262 g/mol. The summed E-state index contributed by atoms with van der Waals surface area (Å²) in [4.78, 5) is 4.11. The van der Waals surface area contributed by atoms with Crippen molar-refractivity contribution in [3.05, 3.63) is 30.1 Å². The van der Waals surface area contributed by atoms with Crippen LogP contribution in [-0.2, 0) is 4.74 Å². The quantitative estimate of drug-likeness (QED) is 0.820. The molecule has 3 heteroatoms. The third-order valence-corrected chi connectivity index (χ3v) is 4.03. The van der Waals surface area contributed by atoms with Gasteiger partial charge >= 0.3 is 0 Å².